The van der Waals surface area contributed by atoms with E-state index in [1.54, 1.807) is 6.07 Å². The van der Waals surface area contributed by atoms with E-state index in [4.69, 9.17) is 0 Å². The highest BCUT2D eigenvalue weighted by Crippen LogP contribution is 2.26. The highest BCUT2D eigenvalue weighted by atomic mass is 16.4. The summed E-state index contributed by atoms with van der Waals surface area (Å²) in [5.41, 5.74) is 1.42. The van der Waals surface area contributed by atoms with Crippen molar-refractivity contribution in [1.82, 2.24) is 9.38 Å². The van der Waals surface area contributed by atoms with E-state index < -0.39 is 5.97 Å². The van der Waals surface area contributed by atoms with E-state index in [-0.39, 0.29) is 11.1 Å². The summed E-state index contributed by atoms with van der Waals surface area (Å²) in [6.07, 6.45) is 1.87. The smallest absolute Gasteiger partial charge is 0.356 e. The molecule has 0 radical (unpaired) electrons. The van der Waals surface area contributed by atoms with Gasteiger partial charge in [0.25, 0.3) is 0 Å². The van der Waals surface area contributed by atoms with E-state index >= 15 is 0 Å². The first kappa shape index (κ1) is 12.4. The molecule has 5 heteroatoms. The van der Waals surface area contributed by atoms with Gasteiger partial charge in [-0.3, -0.25) is 0 Å². The second kappa shape index (κ2) is 4.01. The minimum Gasteiger partial charge on any atom is -0.476 e. The van der Waals surface area contributed by atoms with Crippen molar-refractivity contribution in [3.63, 3.8) is 0 Å². The number of rotatable bonds is 2. The molecule has 0 aromatic carbocycles. The van der Waals surface area contributed by atoms with Crippen LogP contribution >= 0.6 is 0 Å². The number of aromatic carboxylic acids is 1. The molecular formula is C13H17N3O2. The Morgan fingerprint density at radius 3 is 2.56 bits per heavy atom. The second-order valence-electron chi connectivity index (χ2n) is 5.26. The Kier molecular flexibility index (Phi) is 2.77. The van der Waals surface area contributed by atoms with Gasteiger partial charge in [0.15, 0.2) is 5.69 Å². The van der Waals surface area contributed by atoms with E-state index in [1.807, 2.05) is 44.5 Å². The topological polar surface area (TPSA) is 66.6 Å². The number of nitrogens with zero attached hydrogens (tertiary/aromatic N) is 2. The van der Waals surface area contributed by atoms with Gasteiger partial charge in [0, 0.05) is 18.7 Å². The van der Waals surface area contributed by atoms with Crippen LogP contribution in [0.4, 0.5) is 5.69 Å². The molecule has 2 aromatic rings. The zero-order chi connectivity index (χ0) is 13.5. The van der Waals surface area contributed by atoms with Crippen molar-refractivity contribution in [2.24, 2.45) is 0 Å². The highest BCUT2D eigenvalue weighted by Gasteiger charge is 2.24. The normalized spacial score (nSPS) is 11.8. The van der Waals surface area contributed by atoms with Crippen LogP contribution in [0, 0.1) is 0 Å². The number of pyridine rings is 1. The number of carboxylic acid groups (broad SMARTS) is 1. The highest BCUT2D eigenvalue weighted by molar-refractivity contribution is 5.94. The molecular weight excluding hydrogens is 230 g/mol. The minimum absolute atomic E-state index is 0.0996. The van der Waals surface area contributed by atoms with Crippen LogP contribution in [0.3, 0.4) is 0 Å². The fourth-order valence-electron chi connectivity index (χ4n) is 1.92. The molecule has 2 heterocycles. The van der Waals surface area contributed by atoms with Crippen LogP contribution in [0.1, 0.15) is 37.1 Å². The summed E-state index contributed by atoms with van der Waals surface area (Å²) in [5.74, 6) is -0.257. The number of carboxylic acids is 1. The van der Waals surface area contributed by atoms with Crippen molar-refractivity contribution in [3.8, 4) is 0 Å². The maximum atomic E-state index is 11.2. The Hall–Kier alpha value is -2.04. The summed E-state index contributed by atoms with van der Waals surface area (Å²) in [4.78, 5) is 15.5. The lowest BCUT2D eigenvalue weighted by atomic mass is 9.96. The van der Waals surface area contributed by atoms with Gasteiger partial charge in [-0.05, 0) is 12.1 Å². The first-order valence-electron chi connectivity index (χ1n) is 5.78. The van der Waals surface area contributed by atoms with Crippen molar-refractivity contribution in [2.75, 3.05) is 12.4 Å². The third kappa shape index (κ3) is 1.92. The molecule has 0 bridgehead atoms. The Balaban J connectivity index is 2.81. The molecule has 18 heavy (non-hydrogen) atoms. The monoisotopic (exact) mass is 247 g/mol. The third-order valence-electron chi connectivity index (χ3n) is 2.80. The van der Waals surface area contributed by atoms with E-state index in [9.17, 15) is 9.90 Å². The Labute approximate surface area is 105 Å². The number of anilines is 1. The number of fused-ring (bicyclic) bond motifs is 1. The second-order valence-corrected chi connectivity index (χ2v) is 5.26. The number of hydrogen-bond acceptors (Lipinski definition) is 3. The summed E-state index contributed by atoms with van der Waals surface area (Å²) in [7, 11) is 1.83. The molecule has 2 N–H and O–H groups in total. The fourth-order valence-corrected chi connectivity index (χ4v) is 1.92. The van der Waals surface area contributed by atoms with E-state index in [2.05, 4.69) is 10.3 Å². The molecule has 0 unspecified atom stereocenters. The quantitative estimate of drug-likeness (QED) is 0.855. The molecule has 2 rings (SSSR count). The number of hydrogen-bond donors (Lipinski definition) is 2. The number of carbonyl (C=O) groups is 1. The van der Waals surface area contributed by atoms with E-state index in [0.717, 1.165) is 11.5 Å². The average Bonchev–Trinajstić information content (AvgIpc) is 2.66. The molecule has 0 aliphatic heterocycles. The van der Waals surface area contributed by atoms with Crippen molar-refractivity contribution in [1.29, 1.82) is 0 Å². The molecule has 5 nitrogen and oxygen atoms in total. The van der Waals surface area contributed by atoms with Gasteiger partial charge >= 0.3 is 5.97 Å². The molecule has 2 aromatic heterocycles. The SMILES string of the molecule is CNc1ccc2c(C(=O)O)nc(C(C)(C)C)n2c1. The van der Waals surface area contributed by atoms with Crippen molar-refractivity contribution in [2.45, 2.75) is 26.2 Å². The van der Waals surface area contributed by atoms with Gasteiger partial charge in [-0.15, -0.1) is 0 Å². The zero-order valence-corrected chi connectivity index (χ0v) is 11.0. The van der Waals surface area contributed by atoms with Gasteiger partial charge in [0.1, 0.15) is 5.82 Å². The Morgan fingerprint density at radius 2 is 2.06 bits per heavy atom. The molecule has 0 aliphatic rings. The average molecular weight is 247 g/mol. The Bertz CT molecular complexity index is 608. The van der Waals surface area contributed by atoms with Gasteiger partial charge in [-0.1, -0.05) is 20.8 Å². The van der Waals surface area contributed by atoms with Crippen LogP contribution in [0.2, 0.25) is 0 Å². The van der Waals surface area contributed by atoms with Crippen LogP contribution in [0.15, 0.2) is 18.3 Å². The first-order chi connectivity index (χ1) is 8.34. The summed E-state index contributed by atoms with van der Waals surface area (Å²) in [6.45, 7) is 6.04. The van der Waals surface area contributed by atoms with Crippen LogP contribution in [-0.4, -0.2) is 27.5 Å². The van der Waals surface area contributed by atoms with E-state index in [1.165, 1.54) is 0 Å². The van der Waals surface area contributed by atoms with Crippen molar-refractivity contribution >= 4 is 17.2 Å². The fraction of sp³-hybridized carbons (Fsp3) is 0.385. The van der Waals surface area contributed by atoms with Gasteiger partial charge in [-0.25, -0.2) is 9.78 Å². The lowest BCUT2D eigenvalue weighted by Crippen LogP contribution is -2.16. The van der Waals surface area contributed by atoms with Gasteiger partial charge in [0.2, 0.25) is 0 Å². The van der Waals surface area contributed by atoms with Gasteiger partial charge in [-0.2, -0.15) is 0 Å². The number of aromatic nitrogens is 2. The zero-order valence-electron chi connectivity index (χ0n) is 11.0. The molecule has 0 fully saturated rings. The maximum Gasteiger partial charge on any atom is 0.356 e. The largest absolute Gasteiger partial charge is 0.476 e. The third-order valence-corrected chi connectivity index (χ3v) is 2.80. The summed E-state index contributed by atoms with van der Waals surface area (Å²) in [6, 6.07) is 3.62. The van der Waals surface area contributed by atoms with E-state index in [0.29, 0.717) is 5.52 Å². The minimum atomic E-state index is -1.000. The molecule has 0 atom stereocenters. The molecule has 0 aliphatic carbocycles. The van der Waals surface area contributed by atoms with Crippen LogP contribution in [0.25, 0.3) is 5.52 Å². The summed E-state index contributed by atoms with van der Waals surface area (Å²) in [5, 5.41) is 12.2. The number of imidazole rings is 1. The van der Waals surface area contributed by atoms with Crippen LogP contribution in [-0.2, 0) is 5.41 Å². The van der Waals surface area contributed by atoms with Crippen LogP contribution in [0.5, 0.6) is 0 Å². The van der Waals surface area contributed by atoms with Crippen molar-refractivity contribution in [3.05, 3.63) is 29.8 Å². The van der Waals surface area contributed by atoms with Crippen molar-refractivity contribution < 1.29 is 9.90 Å². The van der Waals surface area contributed by atoms with Crippen LogP contribution < -0.4 is 5.32 Å². The molecule has 96 valence electrons. The molecule has 0 saturated carbocycles. The summed E-state index contributed by atoms with van der Waals surface area (Å²) < 4.78 is 1.84. The van der Waals surface area contributed by atoms with Gasteiger partial charge < -0.3 is 14.8 Å². The lowest BCUT2D eigenvalue weighted by molar-refractivity contribution is 0.0693. The molecule has 0 amide bonds. The van der Waals surface area contributed by atoms with Gasteiger partial charge in [0.05, 0.1) is 11.2 Å². The summed E-state index contributed by atoms with van der Waals surface area (Å²) >= 11 is 0. The molecule has 0 spiro atoms. The number of nitrogens with one attached hydrogen (secondary N) is 1. The lowest BCUT2D eigenvalue weighted by Gasteiger charge is -2.17. The first-order valence-corrected chi connectivity index (χ1v) is 5.78. The molecule has 0 saturated heterocycles. The predicted molar refractivity (Wildman–Crippen MR) is 70.4 cm³/mol. The maximum absolute atomic E-state index is 11.2. The predicted octanol–water partition coefficient (Wildman–Crippen LogP) is 2.37. The Morgan fingerprint density at radius 1 is 1.39 bits per heavy atom. The standard InChI is InChI=1S/C13H17N3O2/c1-13(2,3)12-15-10(11(17)18)9-6-5-8(14-4)7-16(9)12/h5-7,14H,1-4H3,(H,17,18).